The molecule has 0 saturated carbocycles. The van der Waals surface area contributed by atoms with Crippen LogP contribution in [0, 0.1) is 35.8 Å². The van der Waals surface area contributed by atoms with Crippen LogP contribution < -0.4 is 0 Å². The van der Waals surface area contributed by atoms with Gasteiger partial charge in [-0.3, -0.25) is 28.9 Å². The summed E-state index contributed by atoms with van der Waals surface area (Å²) in [5.74, 6) is -1.81. The van der Waals surface area contributed by atoms with Crippen molar-refractivity contribution in [2.24, 2.45) is 0 Å². The van der Waals surface area contributed by atoms with E-state index in [1.807, 2.05) is 18.2 Å². The van der Waals surface area contributed by atoms with Gasteiger partial charge in [0, 0.05) is 57.3 Å². The average molecular weight is 741 g/mol. The van der Waals surface area contributed by atoms with Gasteiger partial charge in [0.15, 0.2) is 34.5 Å². The van der Waals surface area contributed by atoms with E-state index in [0.717, 1.165) is 29.6 Å². The lowest BCUT2D eigenvalue weighted by atomic mass is 9.80. The van der Waals surface area contributed by atoms with Gasteiger partial charge in [0.2, 0.25) is 0 Å². The molecule has 0 aliphatic heterocycles. The molecule has 0 N–H and O–H groups in total. The van der Waals surface area contributed by atoms with Gasteiger partial charge in [-0.1, -0.05) is 39.8 Å². The highest BCUT2D eigenvalue weighted by Crippen LogP contribution is 2.67. The fourth-order valence-electron chi connectivity index (χ4n) is 8.16. The molecule has 3 aromatic heterocycles. The minimum Gasteiger partial charge on any atom is -0.288 e. The molecule has 3 heterocycles. The molecular weight excluding hydrogens is 721 g/mol. The van der Waals surface area contributed by atoms with Crippen molar-refractivity contribution in [1.82, 2.24) is 0 Å². The van der Waals surface area contributed by atoms with Crippen LogP contribution in [0.4, 0.5) is 11.4 Å². The molecule has 11 heteroatoms. The first-order valence-corrected chi connectivity index (χ1v) is 18.7. The number of Topliss-reactive ketones (excluding diaryl/α,β-unsaturated/α-hetero) is 4. The van der Waals surface area contributed by atoms with Crippen LogP contribution in [-0.2, 0) is 10.8 Å². The van der Waals surface area contributed by atoms with Crippen LogP contribution in [0.25, 0.3) is 42.4 Å². The highest BCUT2D eigenvalue weighted by atomic mass is 32.1. The van der Waals surface area contributed by atoms with E-state index in [-0.39, 0.29) is 61.3 Å². The maximum Gasteiger partial charge on any atom is 0.197 e. The summed E-state index contributed by atoms with van der Waals surface area (Å²) in [6.07, 6.45) is 3.26. The van der Waals surface area contributed by atoms with Crippen LogP contribution in [-0.4, -0.2) is 23.1 Å². The zero-order valence-corrected chi connectivity index (χ0v) is 30.7. The van der Waals surface area contributed by atoms with Crippen molar-refractivity contribution in [3.05, 3.63) is 134 Å². The van der Waals surface area contributed by atoms with Crippen molar-refractivity contribution in [3.63, 3.8) is 0 Å². The molecule has 0 saturated heterocycles. The van der Waals surface area contributed by atoms with E-state index in [4.69, 9.17) is 13.1 Å². The molecule has 8 nitrogen and oxygen atoms in total. The molecule has 0 atom stereocenters. The smallest absolute Gasteiger partial charge is 0.197 e. The molecule has 0 radical (unpaired) electrons. The number of nitriles is 2. The average Bonchev–Trinajstić information content (AvgIpc) is 3.97. The highest BCUT2D eigenvalue weighted by molar-refractivity contribution is 7.29. The summed E-state index contributed by atoms with van der Waals surface area (Å²) in [6, 6.07) is 13.3. The number of nitrogens with zero attached hydrogens (tertiary/aromatic N) is 4. The van der Waals surface area contributed by atoms with Crippen molar-refractivity contribution in [3.8, 4) is 12.1 Å². The van der Waals surface area contributed by atoms with E-state index in [9.17, 15) is 29.7 Å². The standard InChI is InChI=1S/C42H20N4O4S3/c1-41(2)27-11-19(9-25-36(49)23-13-28(45-5)29(46-6)14-24(23)37(25)50)51-38(27)31-32(41)40-33(42(31,3)4)39-30(53-40)12-20(52-39)10-26-34(47)21-7-17(15-43)18(16-44)8-22(21)35(26)48/h7-14H,1-4H3. The molecule has 2 aromatic carbocycles. The molecule has 4 aliphatic rings. The number of carbonyl (C=O) groups is 4. The fraction of sp³-hybridized carbons (Fsp3) is 0.143. The van der Waals surface area contributed by atoms with Crippen molar-refractivity contribution in [1.29, 1.82) is 10.5 Å². The van der Waals surface area contributed by atoms with Crippen LogP contribution >= 0.6 is 34.0 Å². The highest BCUT2D eigenvalue weighted by Gasteiger charge is 2.53. The Morgan fingerprint density at radius 1 is 0.623 bits per heavy atom. The Balaban J connectivity index is 1.08. The van der Waals surface area contributed by atoms with Crippen LogP contribution in [0.2, 0.25) is 0 Å². The van der Waals surface area contributed by atoms with Gasteiger partial charge < -0.3 is 0 Å². The van der Waals surface area contributed by atoms with Gasteiger partial charge in [0.25, 0.3) is 0 Å². The second-order valence-electron chi connectivity index (χ2n) is 14.2. The Bertz CT molecular complexity index is 2910. The molecule has 0 unspecified atom stereocenters. The van der Waals surface area contributed by atoms with Gasteiger partial charge in [0.1, 0.15) is 12.1 Å². The third kappa shape index (κ3) is 4.10. The van der Waals surface area contributed by atoms with E-state index in [2.05, 4.69) is 43.5 Å². The Hall–Kier alpha value is -6.34. The first-order chi connectivity index (χ1) is 25.2. The summed E-state index contributed by atoms with van der Waals surface area (Å²) >= 11 is 4.76. The number of rotatable bonds is 2. The number of allylic oxidation sites excluding steroid dienone is 4. The number of carbonyl (C=O) groups excluding carboxylic acids is 4. The molecule has 0 spiro atoms. The number of ketones is 4. The zero-order valence-electron chi connectivity index (χ0n) is 28.3. The molecule has 0 bridgehead atoms. The van der Waals surface area contributed by atoms with Crippen molar-refractivity contribution >= 4 is 101 Å². The van der Waals surface area contributed by atoms with Crippen molar-refractivity contribution in [2.75, 3.05) is 0 Å². The molecule has 250 valence electrons. The Labute approximate surface area is 314 Å². The number of hydrogen-bond acceptors (Lipinski definition) is 9. The van der Waals surface area contributed by atoms with Gasteiger partial charge >= 0.3 is 0 Å². The molecule has 0 amide bonds. The molecule has 4 aliphatic carbocycles. The molecule has 53 heavy (non-hydrogen) atoms. The molecule has 0 fully saturated rings. The van der Waals surface area contributed by atoms with Gasteiger partial charge in [0.05, 0.1) is 40.1 Å². The second kappa shape index (κ2) is 10.6. The first kappa shape index (κ1) is 32.6. The summed E-state index contributed by atoms with van der Waals surface area (Å²) < 4.78 is 2.14. The molecule has 9 rings (SSSR count). The van der Waals surface area contributed by atoms with Gasteiger partial charge in [-0.05, 0) is 58.7 Å². The minimum atomic E-state index is -0.460. The number of fused-ring (bicyclic) bond motifs is 8. The third-order valence-corrected chi connectivity index (χ3v) is 14.2. The normalized spacial score (nSPS) is 16.9. The third-order valence-electron chi connectivity index (χ3n) is 10.7. The van der Waals surface area contributed by atoms with Crippen LogP contribution in [0.1, 0.15) is 111 Å². The lowest BCUT2D eigenvalue weighted by molar-refractivity contribution is 0.0975. The maximum atomic E-state index is 13.4. The number of thiophene rings is 3. The quantitative estimate of drug-likeness (QED) is 0.101. The van der Waals surface area contributed by atoms with Crippen LogP contribution in [0.3, 0.4) is 0 Å². The topological polar surface area (TPSA) is 125 Å². The van der Waals surface area contributed by atoms with Gasteiger partial charge in [-0.15, -0.1) is 34.0 Å². The van der Waals surface area contributed by atoms with Gasteiger partial charge in [-0.2, -0.15) is 10.5 Å². The summed E-state index contributed by atoms with van der Waals surface area (Å²) in [5, 5.41) is 18.9. The van der Waals surface area contributed by atoms with Crippen LogP contribution in [0.5, 0.6) is 0 Å². The summed E-state index contributed by atoms with van der Waals surface area (Å²) in [4.78, 5) is 64.1. The zero-order chi connectivity index (χ0) is 37.5. The Kier molecular flexibility index (Phi) is 6.52. The van der Waals surface area contributed by atoms with Crippen molar-refractivity contribution in [2.45, 2.75) is 38.5 Å². The lowest BCUT2D eigenvalue weighted by Crippen LogP contribution is -2.16. The van der Waals surface area contributed by atoms with Gasteiger partial charge in [-0.25, -0.2) is 0 Å². The molecular formula is C42H20N4O4S3. The Morgan fingerprint density at radius 2 is 1.09 bits per heavy atom. The van der Waals surface area contributed by atoms with E-state index < -0.39 is 28.5 Å². The first-order valence-electron chi connectivity index (χ1n) is 16.3. The van der Waals surface area contributed by atoms with E-state index in [1.54, 1.807) is 34.8 Å². The maximum absolute atomic E-state index is 13.4. The second-order valence-corrected chi connectivity index (χ2v) is 17.5. The Morgan fingerprint density at radius 3 is 1.58 bits per heavy atom. The predicted octanol–water partition coefficient (Wildman–Crippen LogP) is 10.3. The SMILES string of the molecule is [C-]#[N+]c1cc2c(cc1[N+]#[C-])C(=O)C(=Cc1cc3c(s1)C1=C(c4sc5cc(C=C6C(=O)c7cc(C#N)c(C#N)cc7C6=O)sc5c4C1(C)C)C3(C)C)C2=O. The van der Waals surface area contributed by atoms with E-state index >= 15 is 0 Å². The lowest BCUT2D eigenvalue weighted by Gasteiger charge is -2.24. The predicted molar refractivity (Wildman–Crippen MR) is 205 cm³/mol. The van der Waals surface area contributed by atoms with Crippen molar-refractivity contribution < 1.29 is 19.2 Å². The number of hydrogen-bond donors (Lipinski definition) is 0. The summed E-state index contributed by atoms with van der Waals surface area (Å²) in [7, 11) is 0. The van der Waals surface area contributed by atoms with E-state index in [1.165, 1.54) is 57.2 Å². The fourth-order valence-corrected chi connectivity index (χ4v) is 12.7. The van der Waals surface area contributed by atoms with E-state index in [0.29, 0.717) is 0 Å². The van der Waals surface area contributed by atoms with Crippen LogP contribution in [0.15, 0.2) is 47.5 Å². The summed E-state index contributed by atoms with van der Waals surface area (Å²) in [5.41, 5.74) is 4.81. The molecule has 5 aromatic rings. The minimum absolute atomic E-state index is 0.0106. The monoisotopic (exact) mass is 740 g/mol. The largest absolute Gasteiger partial charge is 0.288 e. The number of benzene rings is 2. The summed E-state index contributed by atoms with van der Waals surface area (Å²) in [6.45, 7) is 23.6.